The maximum atomic E-state index is 17.3. The van der Waals surface area contributed by atoms with E-state index in [1.54, 1.807) is 6.08 Å². The number of rotatable bonds is 5. The molecule has 7 aliphatic rings. The van der Waals surface area contributed by atoms with E-state index in [4.69, 9.17) is 9.72 Å². The Labute approximate surface area is 273 Å². The molecular formula is C37H44F3N5O2. The molecule has 1 spiro atoms. The Bertz CT molecular complexity index is 1720. The van der Waals surface area contributed by atoms with Crippen molar-refractivity contribution >= 4 is 22.3 Å². The van der Waals surface area contributed by atoms with Crippen LogP contribution in [-0.2, 0) is 0 Å². The fourth-order valence-corrected chi connectivity index (χ4v) is 10.5. The van der Waals surface area contributed by atoms with Gasteiger partial charge < -0.3 is 20.1 Å². The van der Waals surface area contributed by atoms with Gasteiger partial charge in [0.05, 0.1) is 11.1 Å². The van der Waals surface area contributed by atoms with E-state index >= 15 is 8.78 Å². The van der Waals surface area contributed by atoms with E-state index in [0.717, 1.165) is 69.1 Å². The first-order valence-electron chi connectivity index (χ1n) is 17.8. The van der Waals surface area contributed by atoms with Gasteiger partial charge in [-0.25, -0.2) is 13.2 Å². The van der Waals surface area contributed by atoms with Gasteiger partial charge in [0.15, 0.2) is 5.82 Å². The monoisotopic (exact) mass is 647 g/mol. The molecule has 2 saturated carbocycles. The van der Waals surface area contributed by atoms with Gasteiger partial charge in [0.1, 0.15) is 35.7 Å². The number of aromatic nitrogens is 2. The summed E-state index contributed by atoms with van der Waals surface area (Å²) in [6.45, 7) is 5.10. The lowest BCUT2D eigenvalue weighted by atomic mass is 9.59. The molecule has 0 amide bonds. The van der Waals surface area contributed by atoms with Gasteiger partial charge in [-0.3, -0.25) is 4.90 Å². The van der Waals surface area contributed by atoms with Gasteiger partial charge in [0.2, 0.25) is 0 Å². The number of nitrogens with one attached hydrogen (secondary N) is 1. The second kappa shape index (κ2) is 11.0. The van der Waals surface area contributed by atoms with E-state index in [2.05, 4.69) is 27.0 Å². The smallest absolute Gasteiger partial charge is 0.319 e. The maximum Gasteiger partial charge on any atom is 0.319 e. The highest BCUT2D eigenvalue weighted by atomic mass is 19.1. The molecule has 5 atom stereocenters. The first-order chi connectivity index (χ1) is 22.7. The number of ether oxygens (including phenoxy) is 1. The van der Waals surface area contributed by atoms with Crippen LogP contribution in [0.25, 0.3) is 16.5 Å². The number of anilines is 1. The summed E-state index contributed by atoms with van der Waals surface area (Å²) in [5, 5.41) is 14.6. The summed E-state index contributed by atoms with van der Waals surface area (Å²) < 4.78 is 54.8. The normalized spacial score (nSPS) is 36.8. The molecule has 5 heterocycles. The van der Waals surface area contributed by atoms with Gasteiger partial charge in [0.25, 0.3) is 0 Å². The first-order valence-corrected chi connectivity index (χ1v) is 17.8. The standard InChI is InChI=1S/C37H44F3N5O2/c1-21-13-22-14-26(46)5-2-6-27(31(22)37(21)10-3-11-37)30-29(39)15-28-33(32(30)40)42-35(43-34(28)44-18-24-7-8-25(19-44)41-24)47-20-36-9-4-12-45(36)17-23(38)16-36/h5,14-15,21,23-25,41,46H,2-4,6-13,16-20H2,1H3/b22-14-,26-5+,31-27-/t21?,23-,24?,25?,36?/m1/s1. The van der Waals surface area contributed by atoms with Crippen LogP contribution >= 0.6 is 0 Å². The number of hydrogen-bond donors (Lipinski definition) is 2. The van der Waals surface area contributed by atoms with Gasteiger partial charge in [-0.15, -0.1) is 0 Å². The Morgan fingerprint density at radius 2 is 1.89 bits per heavy atom. The first kappa shape index (κ1) is 30.0. The predicted molar refractivity (Wildman–Crippen MR) is 175 cm³/mol. The second-order valence-corrected chi connectivity index (χ2v) is 15.5. The van der Waals surface area contributed by atoms with Crippen LogP contribution < -0.4 is 15.0 Å². The highest BCUT2D eigenvalue weighted by Crippen LogP contribution is 2.64. The molecule has 10 heteroatoms. The van der Waals surface area contributed by atoms with Crippen LogP contribution in [0.2, 0.25) is 0 Å². The Morgan fingerprint density at radius 3 is 2.66 bits per heavy atom. The minimum Gasteiger partial charge on any atom is -0.508 e. The molecule has 3 aliphatic carbocycles. The number of alkyl halides is 1. The van der Waals surface area contributed by atoms with E-state index in [1.165, 1.54) is 6.07 Å². The van der Waals surface area contributed by atoms with E-state index < -0.39 is 23.3 Å². The number of nitrogens with zero attached hydrogens (tertiary/aromatic N) is 4. The van der Waals surface area contributed by atoms with Gasteiger partial charge in [0, 0.05) is 43.5 Å². The van der Waals surface area contributed by atoms with Crippen molar-refractivity contribution in [3.05, 3.63) is 52.3 Å². The molecule has 9 rings (SSSR count). The molecular weight excluding hydrogens is 603 g/mol. The molecule has 47 heavy (non-hydrogen) atoms. The molecule has 2 N–H and O–H groups in total. The lowest BCUT2D eigenvalue weighted by molar-refractivity contribution is 0.107. The SMILES string of the molecule is CC1CC2=C/C(O)=C\CC/C(c3c(F)cc4c(N5CC6CCC(C5)N6)nc(OCC56CCCN5C[C@H](F)C6)nc4c3F)=C\2C12CCC2. The van der Waals surface area contributed by atoms with Gasteiger partial charge in [-0.2, -0.15) is 9.97 Å². The summed E-state index contributed by atoms with van der Waals surface area (Å²) in [5.74, 6) is -0.225. The van der Waals surface area contributed by atoms with Crippen molar-refractivity contribution in [2.45, 2.75) is 101 Å². The van der Waals surface area contributed by atoms with Crippen LogP contribution in [0, 0.1) is 23.0 Å². The minimum atomic E-state index is -0.891. The molecule has 2 aromatic rings. The van der Waals surface area contributed by atoms with Crippen molar-refractivity contribution in [2.75, 3.05) is 37.7 Å². The zero-order valence-corrected chi connectivity index (χ0v) is 27.1. The molecule has 6 fully saturated rings. The quantitative estimate of drug-likeness (QED) is 0.365. The molecule has 250 valence electrons. The molecule has 0 radical (unpaired) electrons. The third-order valence-corrected chi connectivity index (χ3v) is 12.8. The number of hydrogen-bond acceptors (Lipinski definition) is 7. The van der Waals surface area contributed by atoms with Crippen LogP contribution in [0.3, 0.4) is 0 Å². The van der Waals surface area contributed by atoms with Crippen molar-refractivity contribution in [3.8, 4) is 6.01 Å². The highest BCUT2D eigenvalue weighted by Gasteiger charge is 2.52. The van der Waals surface area contributed by atoms with Crippen molar-refractivity contribution < 1.29 is 23.0 Å². The zero-order valence-electron chi connectivity index (χ0n) is 27.1. The topological polar surface area (TPSA) is 73.8 Å². The van der Waals surface area contributed by atoms with Crippen molar-refractivity contribution in [1.82, 2.24) is 20.2 Å². The van der Waals surface area contributed by atoms with E-state index in [9.17, 15) is 9.50 Å². The number of halogens is 3. The Hall–Kier alpha value is -3.11. The zero-order chi connectivity index (χ0) is 32.1. The third-order valence-electron chi connectivity index (χ3n) is 12.8. The van der Waals surface area contributed by atoms with Crippen LogP contribution in [-0.4, -0.2) is 76.6 Å². The third kappa shape index (κ3) is 4.67. The summed E-state index contributed by atoms with van der Waals surface area (Å²) in [4.78, 5) is 13.8. The summed E-state index contributed by atoms with van der Waals surface area (Å²) >= 11 is 0. The molecule has 1 aromatic heterocycles. The number of benzene rings is 1. The number of aliphatic hydroxyl groups excluding tert-OH is 1. The maximum absolute atomic E-state index is 17.3. The fraction of sp³-hybridized carbons (Fsp3) is 0.622. The lowest BCUT2D eigenvalue weighted by Gasteiger charge is -2.45. The Balaban J connectivity index is 1.19. The number of allylic oxidation sites excluding steroid dienone is 5. The summed E-state index contributed by atoms with van der Waals surface area (Å²) in [6, 6.07) is 2.09. The van der Waals surface area contributed by atoms with Crippen LogP contribution in [0.5, 0.6) is 6.01 Å². The Morgan fingerprint density at radius 1 is 1.09 bits per heavy atom. The van der Waals surface area contributed by atoms with E-state index in [1.807, 2.05) is 6.08 Å². The van der Waals surface area contributed by atoms with Gasteiger partial charge >= 0.3 is 6.01 Å². The van der Waals surface area contributed by atoms with E-state index in [-0.39, 0.29) is 34.9 Å². The molecule has 4 unspecified atom stereocenters. The van der Waals surface area contributed by atoms with Crippen LogP contribution in [0.4, 0.5) is 19.0 Å². The fourth-order valence-electron chi connectivity index (χ4n) is 10.5. The number of piperazine rings is 1. The predicted octanol–water partition coefficient (Wildman–Crippen LogP) is 6.93. The largest absolute Gasteiger partial charge is 0.508 e. The second-order valence-electron chi connectivity index (χ2n) is 15.5. The van der Waals surface area contributed by atoms with Gasteiger partial charge in [-0.05, 0) is 111 Å². The Kier molecular flexibility index (Phi) is 6.99. The van der Waals surface area contributed by atoms with Crippen LogP contribution in [0.1, 0.15) is 83.1 Å². The average molecular weight is 648 g/mol. The molecule has 4 aliphatic heterocycles. The van der Waals surface area contributed by atoms with Crippen LogP contribution in [0.15, 0.2) is 35.1 Å². The molecule has 2 bridgehead atoms. The summed E-state index contributed by atoms with van der Waals surface area (Å²) in [7, 11) is 0. The van der Waals surface area contributed by atoms with Crippen molar-refractivity contribution in [1.29, 1.82) is 0 Å². The lowest BCUT2D eigenvalue weighted by Crippen LogP contribution is -2.51. The molecule has 4 saturated heterocycles. The number of aliphatic hydroxyl groups is 1. The van der Waals surface area contributed by atoms with Crippen molar-refractivity contribution in [3.63, 3.8) is 0 Å². The molecule has 1 aromatic carbocycles. The number of fused-ring (bicyclic) bond motifs is 6. The summed E-state index contributed by atoms with van der Waals surface area (Å²) in [5.41, 5.74) is 2.24. The van der Waals surface area contributed by atoms with Crippen molar-refractivity contribution in [2.24, 2.45) is 11.3 Å². The van der Waals surface area contributed by atoms with E-state index in [0.29, 0.717) is 73.7 Å². The minimum absolute atomic E-state index is 0.0128. The summed E-state index contributed by atoms with van der Waals surface area (Å²) in [6.07, 6.45) is 11.8. The average Bonchev–Trinajstić information content (AvgIpc) is 3.72. The highest BCUT2D eigenvalue weighted by molar-refractivity contribution is 5.94. The van der Waals surface area contributed by atoms with Gasteiger partial charge in [-0.1, -0.05) is 13.3 Å². The molecule has 7 nitrogen and oxygen atoms in total.